The van der Waals surface area contributed by atoms with E-state index in [0.717, 1.165) is 25.9 Å². The average Bonchev–Trinajstić information content (AvgIpc) is 3.26. The molecule has 1 aliphatic heterocycles. The third-order valence-corrected chi connectivity index (χ3v) is 5.23. The first-order valence-corrected chi connectivity index (χ1v) is 8.67. The van der Waals surface area contributed by atoms with Gasteiger partial charge in [0.1, 0.15) is 5.54 Å². The monoisotopic (exact) mass is 318 g/mol. The zero-order chi connectivity index (χ0) is 15.4. The van der Waals surface area contributed by atoms with Crippen molar-refractivity contribution >= 4 is 17.2 Å². The number of hydrogen-bond donors (Lipinski definition) is 1. The molecular formula is C16H22N4OS. The van der Waals surface area contributed by atoms with Crippen molar-refractivity contribution in [3.63, 3.8) is 0 Å². The second-order valence-electron chi connectivity index (χ2n) is 5.63. The van der Waals surface area contributed by atoms with Gasteiger partial charge in [0.25, 0.3) is 5.91 Å². The van der Waals surface area contributed by atoms with Gasteiger partial charge in [-0.15, -0.1) is 11.3 Å². The predicted molar refractivity (Wildman–Crippen MR) is 87.7 cm³/mol. The zero-order valence-electron chi connectivity index (χ0n) is 12.9. The summed E-state index contributed by atoms with van der Waals surface area (Å²) in [5, 5.41) is 9.80. The van der Waals surface area contributed by atoms with Crippen LogP contribution in [0, 0.1) is 0 Å². The molecule has 3 heterocycles. The molecule has 22 heavy (non-hydrogen) atoms. The molecule has 6 heteroatoms. The van der Waals surface area contributed by atoms with Crippen LogP contribution in [0.5, 0.6) is 0 Å². The van der Waals surface area contributed by atoms with E-state index < -0.39 is 5.54 Å². The average molecular weight is 318 g/mol. The number of nitrogens with one attached hydrogen (secondary N) is 1. The summed E-state index contributed by atoms with van der Waals surface area (Å²) < 4.78 is 1.87. The van der Waals surface area contributed by atoms with Gasteiger partial charge in [0.15, 0.2) is 0 Å². The third-order valence-electron chi connectivity index (χ3n) is 4.37. The van der Waals surface area contributed by atoms with E-state index >= 15 is 0 Å². The van der Waals surface area contributed by atoms with Crippen molar-refractivity contribution in [1.29, 1.82) is 0 Å². The Morgan fingerprint density at radius 2 is 2.27 bits per heavy atom. The van der Waals surface area contributed by atoms with Crippen LogP contribution in [-0.2, 0) is 16.9 Å². The number of piperidine rings is 1. The van der Waals surface area contributed by atoms with E-state index in [1.165, 1.54) is 4.88 Å². The molecule has 3 rings (SSSR count). The molecule has 118 valence electrons. The van der Waals surface area contributed by atoms with Crippen LogP contribution in [0.2, 0.25) is 0 Å². The minimum atomic E-state index is -0.540. The Bertz CT molecular complexity index is 588. The zero-order valence-corrected chi connectivity index (χ0v) is 13.7. The quantitative estimate of drug-likeness (QED) is 0.918. The molecule has 1 fully saturated rings. The second kappa shape index (κ2) is 6.62. The topological polar surface area (TPSA) is 50.2 Å². The van der Waals surface area contributed by atoms with Gasteiger partial charge in [-0.05, 0) is 50.4 Å². The normalized spacial score (nSPS) is 17.3. The number of likely N-dealkylation sites (N-methyl/N-ethyl adjacent to an activating group) is 1. The van der Waals surface area contributed by atoms with E-state index in [1.54, 1.807) is 17.5 Å². The summed E-state index contributed by atoms with van der Waals surface area (Å²) in [5.74, 6) is 0.189. The summed E-state index contributed by atoms with van der Waals surface area (Å²) in [4.78, 5) is 16.5. The van der Waals surface area contributed by atoms with Crippen molar-refractivity contribution in [1.82, 2.24) is 20.0 Å². The number of aromatic nitrogens is 2. The molecule has 2 aromatic rings. The van der Waals surface area contributed by atoms with E-state index in [-0.39, 0.29) is 5.91 Å². The molecule has 0 bridgehead atoms. The maximum absolute atomic E-state index is 13.3. The Kier molecular flexibility index (Phi) is 4.59. The molecule has 0 saturated carbocycles. The summed E-state index contributed by atoms with van der Waals surface area (Å²) in [7, 11) is 0. The van der Waals surface area contributed by atoms with E-state index in [1.807, 2.05) is 34.8 Å². The van der Waals surface area contributed by atoms with Gasteiger partial charge >= 0.3 is 0 Å². The van der Waals surface area contributed by atoms with Crippen molar-refractivity contribution in [3.05, 3.63) is 40.8 Å². The first-order chi connectivity index (χ1) is 10.8. The van der Waals surface area contributed by atoms with Gasteiger partial charge in [-0.25, -0.2) is 0 Å². The Labute approximate surface area is 134 Å². The molecule has 0 radical (unpaired) electrons. The van der Waals surface area contributed by atoms with Crippen LogP contribution in [0.4, 0.5) is 0 Å². The number of carbonyl (C=O) groups is 1. The minimum Gasteiger partial charge on any atom is -0.336 e. The lowest BCUT2D eigenvalue weighted by molar-refractivity contribution is -0.143. The molecule has 1 saturated heterocycles. The molecule has 0 unspecified atom stereocenters. The van der Waals surface area contributed by atoms with E-state index in [9.17, 15) is 4.79 Å². The summed E-state index contributed by atoms with van der Waals surface area (Å²) in [6, 6.07) is 6.02. The Balaban J connectivity index is 1.87. The molecule has 1 aliphatic rings. The summed E-state index contributed by atoms with van der Waals surface area (Å²) in [6.07, 6.45) is 5.25. The summed E-state index contributed by atoms with van der Waals surface area (Å²) >= 11 is 1.70. The number of thiophene rings is 1. The van der Waals surface area contributed by atoms with Crippen molar-refractivity contribution in [2.75, 3.05) is 19.6 Å². The number of rotatable bonds is 5. The highest BCUT2D eigenvalue weighted by atomic mass is 32.1. The van der Waals surface area contributed by atoms with E-state index in [2.05, 4.69) is 21.9 Å². The van der Waals surface area contributed by atoms with Crippen molar-refractivity contribution in [2.24, 2.45) is 0 Å². The maximum atomic E-state index is 13.3. The van der Waals surface area contributed by atoms with Gasteiger partial charge in [0.05, 0.1) is 6.54 Å². The van der Waals surface area contributed by atoms with Gasteiger partial charge in [0, 0.05) is 23.8 Å². The fourth-order valence-electron chi connectivity index (χ4n) is 3.12. The standard InChI is InChI=1S/C16H22N4OS/c1-2-19(13-14-5-3-12-22-14)15(21)16(6-9-17-10-7-16)20-11-4-8-18-20/h3-5,8,11-12,17H,2,6-7,9-10,13H2,1H3. The summed E-state index contributed by atoms with van der Waals surface area (Å²) in [5.41, 5.74) is -0.540. The van der Waals surface area contributed by atoms with Crippen molar-refractivity contribution < 1.29 is 4.79 Å². The van der Waals surface area contributed by atoms with Crippen LogP contribution >= 0.6 is 11.3 Å². The van der Waals surface area contributed by atoms with Crippen LogP contribution in [-0.4, -0.2) is 40.2 Å². The highest BCUT2D eigenvalue weighted by Crippen LogP contribution is 2.30. The van der Waals surface area contributed by atoms with Gasteiger partial charge in [-0.1, -0.05) is 6.07 Å². The van der Waals surface area contributed by atoms with Crippen LogP contribution in [0.15, 0.2) is 36.0 Å². The smallest absolute Gasteiger partial charge is 0.250 e. The Morgan fingerprint density at radius 1 is 1.45 bits per heavy atom. The first-order valence-electron chi connectivity index (χ1n) is 7.79. The van der Waals surface area contributed by atoms with E-state index in [4.69, 9.17) is 0 Å². The fourth-order valence-corrected chi connectivity index (χ4v) is 3.83. The number of nitrogens with zero attached hydrogens (tertiary/aromatic N) is 3. The number of carbonyl (C=O) groups excluding carboxylic acids is 1. The molecule has 0 spiro atoms. The number of amides is 1. The molecule has 0 atom stereocenters. The lowest BCUT2D eigenvalue weighted by Gasteiger charge is -2.40. The molecule has 5 nitrogen and oxygen atoms in total. The first kappa shape index (κ1) is 15.2. The molecule has 2 aromatic heterocycles. The van der Waals surface area contributed by atoms with Crippen molar-refractivity contribution in [3.8, 4) is 0 Å². The summed E-state index contributed by atoms with van der Waals surface area (Å²) in [6.45, 7) is 5.14. The lowest BCUT2D eigenvalue weighted by Crippen LogP contribution is -2.55. The molecule has 1 amide bonds. The largest absolute Gasteiger partial charge is 0.336 e. The third kappa shape index (κ3) is 2.80. The SMILES string of the molecule is CCN(Cc1cccs1)C(=O)C1(n2cccn2)CCNCC1. The highest BCUT2D eigenvalue weighted by molar-refractivity contribution is 7.09. The Morgan fingerprint density at radius 3 is 2.86 bits per heavy atom. The van der Waals surface area contributed by atoms with Crippen LogP contribution < -0.4 is 5.32 Å². The fraction of sp³-hybridized carbons (Fsp3) is 0.500. The number of hydrogen-bond acceptors (Lipinski definition) is 4. The predicted octanol–water partition coefficient (Wildman–Crippen LogP) is 2.07. The van der Waals surface area contributed by atoms with Crippen molar-refractivity contribution in [2.45, 2.75) is 31.8 Å². The minimum absolute atomic E-state index is 0.189. The molecule has 0 aliphatic carbocycles. The highest BCUT2D eigenvalue weighted by Gasteiger charge is 2.44. The Hall–Kier alpha value is -1.66. The second-order valence-corrected chi connectivity index (χ2v) is 6.66. The van der Waals surface area contributed by atoms with Gasteiger partial charge in [0.2, 0.25) is 0 Å². The lowest BCUT2D eigenvalue weighted by atomic mass is 9.86. The van der Waals surface area contributed by atoms with Crippen LogP contribution in [0.1, 0.15) is 24.6 Å². The van der Waals surface area contributed by atoms with Gasteiger partial charge < -0.3 is 10.2 Å². The molecule has 1 N–H and O–H groups in total. The molecule has 0 aromatic carbocycles. The van der Waals surface area contributed by atoms with Crippen LogP contribution in [0.3, 0.4) is 0 Å². The van der Waals surface area contributed by atoms with Gasteiger partial charge in [-0.3, -0.25) is 9.48 Å². The molecular weight excluding hydrogens is 296 g/mol. The maximum Gasteiger partial charge on any atom is 0.250 e. The van der Waals surface area contributed by atoms with Gasteiger partial charge in [-0.2, -0.15) is 5.10 Å². The van der Waals surface area contributed by atoms with E-state index in [0.29, 0.717) is 13.1 Å². The van der Waals surface area contributed by atoms with Crippen LogP contribution in [0.25, 0.3) is 0 Å².